The molecule has 1 heterocycles. The summed E-state index contributed by atoms with van der Waals surface area (Å²) in [7, 11) is -0.631. The molecular weight excluding hydrogens is 412 g/mol. The molecule has 1 saturated heterocycles. The normalized spacial score (nSPS) is 28.8. The fourth-order valence-electron chi connectivity index (χ4n) is 3.00. The van der Waals surface area contributed by atoms with Gasteiger partial charge in [0.25, 0.3) is 0 Å². The molecule has 0 aromatic heterocycles. The van der Waals surface area contributed by atoms with Crippen LogP contribution < -0.4 is 0 Å². The van der Waals surface area contributed by atoms with Gasteiger partial charge >= 0.3 is 0 Å². The Labute approximate surface area is 187 Å². The number of hydrogen-bond acceptors (Lipinski definition) is 5. The predicted octanol–water partition coefficient (Wildman–Crippen LogP) is 5.22. The highest BCUT2D eigenvalue weighted by molar-refractivity contribution is 6.74. The maximum absolute atomic E-state index is 6.86. The molecule has 0 saturated carbocycles. The average Bonchev–Trinajstić information content (AvgIpc) is 2.58. The van der Waals surface area contributed by atoms with Crippen LogP contribution in [0.2, 0.25) is 36.3 Å². The van der Waals surface area contributed by atoms with Crippen molar-refractivity contribution in [1.29, 1.82) is 0 Å². The molecule has 0 aromatic rings. The second-order valence-electron chi connectivity index (χ2n) is 11.3. The van der Waals surface area contributed by atoms with Gasteiger partial charge in [0.15, 0.2) is 16.6 Å². The molecule has 30 heavy (non-hydrogen) atoms. The average molecular weight is 459 g/mol. The SMILES string of the molecule is CC#C[C@H]1O[C@H](CO[Si](C)(C)C(C)(C)C)[C@@H](O[Si](C)(C)C(C)(C)C)[C@H](OC)[C@H]1OC. The summed E-state index contributed by atoms with van der Waals surface area (Å²) >= 11 is 0. The van der Waals surface area contributed by atoms with Crippen LogP contribution in [0.4, 0.5) is 0 Å². The van der Waals surface area contributed by atoms with Gasteiger partial charge in [-0.15, -0.1) is 5.92 Å². The first-order chi connectivity index (χ1) is 13.5. The summed E-state index contributed by atoms with van der Waals surface area (Å²) in [6.07, 6.45) is -1.52. The lowest BCUT2D eigenvalue weighted by Gasteiger charge is -2.49. The van der Waals surface area contributed by atoms with E-state index in [0.717, 1.165) is 0 Å². The van der Waals surface area contributed by atoms with E-state index in [9.17, 15) is 0 Å². The van der Waals surface area contributed by atoms with E-state index in [2.05, 4.69) is 79.6 Å². The third kappa shape index (κ3) is 6.41. The molecule has 1 aliphatic rings. The summed E-state index contributed by atoms with van der Waals surface area (Å²) < 4.78 is 31.6. The number of ether oxygens (including phenoxy) is 3. The summed E-state index contributed by atoms with van der Waals surface area (Å²) in [5.41, 5.74) is 0. The molecule has 0 aliphatic carbocycles. The van der Waals surface area contributed by atoms with Gasteiger partial charge in [-0.2, -0.15) is 0 Å². The lowest BCUT2D eigenvalue weighted by molar-refractivity contribution is -0.223. The minimum atomic E-state index is -2.08. The molecule has 1 aliphatic heterocycles. The second-order valence-corrected chi connectivity index (χ2v) is 20.9. The smallest absolute Gasteiger partial charge is 0.192 e. The maximum Gasteiger partial charge on any atom is 0.192 e. The number of methoxy groups -OCH3 is 2. The summed E-state index contributed by atoms with van der Waals surface area (Å²) in [5, 5.41) is 0.189. The second kappa shape index (κ2) is 10.2. The summed E-state index contributed by atoms with van der Waals surface area (Å²) in [4.78, 5) is 0. The molecule has 0 radical (unpaired) electrons. The van der Waals surface area contributed by atoms with E-state index in [0.29, 0.717) is 6.61 Å². The topological polar surface area (TPSA) is 46.2 Å². The standard InChI is InChI=1S/C23H46O5Si2/c1-14-15-17-19(24-8)21(25-9)20(28-30(12,13)23(5,6)7)18(27-17)16-26-29(10,11)22(2,3)4/h17-21H,16H2,1-13H3/t17-,18-,19+,20-,21-/m1/s1. The first kappa shape index (κ1) is 27.8. The third-order valence-electron chi connectivity index (χ3n) is 7.12. The minimum absolute atomic E-state index is 0.0682. The molecule has 0 N–H and O–H groups in total. The zero-order chi connectivity index (χ0) is 23.5. The van der Waals surface area contributed by atoms with Crippen molar-refractivity contribution < 1.29 is 23.1 Å². The predicted molar refractivity (Wildman–Crippen MR) is 129 cm³/mol. The summed E-state index contributed by atoms with van der Waals surface area (Å²) in [5.74, 6) is 6.13. The Balaban J connectivity index is 3.29. The van der Waals surface area contributed by atoms with Crippen molar-refractivity contribution in [3.63, 3.8) is 0 Å². The number of rotatable bonds is 7. The van der Waals surface area contributed by atoms with Crippen molar-refractivity contribution in [2.45, 2.75) is 115 Å². The third-order valence-corrected chi connectivity index (χ3v) is 16.1. The van der Waals surface area contributed by atoms with E-state index in [4.69, 9.17) is 23.1 Å². The van der Waals surface area contributed by atoms with Crippen molar-refractivity contribution in [2.75, 3.05) is 20.8 Å². The minimum Gasteiger partial charge on any atom is -0.414 e. The molecule has 176 valence electrons. The Morgan fingerprint density at radius 3 is 1.70 bits per heavy atom. The lowest BCUT2D eigenvalue weighted by Crippen LogP contribution is -2.64. The molecule has 0 unspecified atom stereocenters. The highest BCUT2D eigenvalue weighted by Crippen LogP contribution is 2.41. The van der Waals surface area contributed by atoms with Crippen molar-refractivity contribution in [3.8, 4) is 11.8 Å². The van der Waals surface area contributed by atoms with Gasteiger partial charge in [0, 0.05) is 14.2 Å². The molecule has 5 nitrogen and oxygen atoms in total. The number of hydrogen-bond donors (Lipinski definition) is 0. The fourth-order valence-corrected chi connectivity index (χ4v) is 5.33. The highest BCUT2D eigenvalue weighted by Gasteiger charge is 2.51. The van der Waals surface area contributed by atoms with Gasteiger partial charge in [-0.3, -0.25) is 0 Å². The van der Waals surface area contributed by atoms with Gasteiger partial charge in [-0.1, -0.05) is 47.5 Å². The van der Waals surface area contributed by atoms with Crippen molar-refractivity contribution in [1.82, 2.24) is 0 Å². The van der Waals surface area contributed by atoms with E-state index in [1.165, 1.54) is 0 Å². The van der Waals surface area contributed by atoms with E-state index in [1.807, 2.05) is 6.92 Å². The Kier molecular flexibility index (Phi) is 9.42. The Hall–Kier alpha value is -0.206. The van der Waals surface area contributed by atoms with Crippen LogP contribution in [0, 0.1) is 11.8 Å². The van der Waals surface area contributed by atoms with Crippen LogP contribution >= 0.6 is 0 Å². The maximum atomic E-state index is 6.86. The van der Waals surface area contributed by atoms with Gasteiger partial charge in [-0.05, 0) is 43.2 Å². The Morgan fingerprint density at radius 2 is 1.30 bits per heavy atom. The van der Waals surface area contributed by atoms with Crippen LogP contribution in [0.1, 0.15) is 48.5 Å². The Morgan fingerprint density at radius 1 is 0.800 bits per heavy atom. The first-order valence-electron chi connectivity index (χ1n) is 11.0. The molecule has 0 spiro atoms. The molecule has 5 atom stereocenters. The molecule has 1 fully saturated rings. The molecular formula is C23H46O5Si2. The van der Waals surface area contributed by atoms with Crippen LogP contribution in [-0.2, 0) is 23.1 Å². The van der Waals surface area contributed by atoms with Gasteiger partial charge < -0.3 is 23.1 Å². The highest BCUT2D eigenvalue weighted by atomic mass is 28.4. The lowest BCUT2D eigenvalue weighted by atomic mass is 9.95. The Bertz CT molecular complexity index is 610. The fraction of sp³-hybridized carbons (Fsp3) is 0.913. The van der Waals surface area contributed by atoms with Crippen molar-refractivity contribution in [3.05, 3.63) is 0 Å². The molecule has 0 amide bonds. The van der Waals surface area contributed by atoms with Gasteiger partial charge in [0.2, 0.25) is 0 Å². The van der Waals surface area contributed by atoms with Crippen LogP contribution in [0.3, 0.4) is 0 Å². The first-order valence-corrected chi connectivity index (χ1v) is 16.8. The van der Waals surface area contributed by atoms with E-state index in [1.54, 1.807) is 14.2 Å². The molecule has 1 rings (SSSR count). The van der Waals surface area contributed by atoms with E-state index < -0.39 is 16.6 Å². The monoisotopic (exact) mass is 458 g/mol. The van der Waals surface area contributed by atoms with Gasteiger partial charge in [0.05, 0.1) is 6.61 Å². The molecule has 0 aromatic carbocycles. The zero-order valence-corrected chi connectivity index (χ0v) is 23.6. The van der Waals surface area contributed by atoms with E-state index in [-0.39, 0.29) is 40.6 Å². The quantitative estimate of drug-likeness (QED) is 0.387. The van der Waals surface area contributed by atoms with Crippen LogP contribution in [0.25, 0.3) is 0 Å². The summed E-state index contributed by atoms with van der Waals surface area (Å²) in [6, 6.07) is 0. The summed E-state index contributed by atoms with van der Waals surface area (Å²) in [6.45, 7) is 24.8. The van der Waals surface area contributed by atoms with Crippen molar-refractivity contribution in [2.24, 2.45) is 0 Å². The zero-order valence-electron chi connectivity index (χ0n) is 21.6. The van der Waals surface area contributed by atoms with Crippen LogP contribution in [0.5, 0.6) is 0 Å². The van der Waals surface area contributed by atoms with Crippen molar-refractivity contribution >= 4 is 16.6 Å². The molecule has 7 heteroatoms. The van der Waals surface area contributed by atoms with Gasteiger partial charge in [0.1, 0.15) is 30.5 Å². The van der Waals surface area contributed by atoms with Crippen LogP contribution in [0.15, 0.2) is 0 Å². The van der Waals surface area contributed by atoms with Gasteiger partial charge in [-0.25, -0.2) is 0 Å². The van der Waals surface area contributed by atoms with E-state index >= 15 is 0 Å². The largest absolute Gasteiger partial charge is 0.414 e. The van der Waals surface area contributed by atoms with Crippen LogP contribution in [-0.4, -0.2) is 68.0 Å². The molecule has 0 bridgehead atoms.